The number of hydrogen-bond donors (Lipinski definition) is 1. The predicted molar refractivity (Wildman–Crippen MR) is 106 cm³/mol. The lowest BCUT2D eigenvalue weighted by Crippen LogP contribution is -2.07. The van der Waals surface area contributed by atoms with E-state index in [0.29, 0.717) is 0 Å². The van der Waals surface area contributed by atoms with Crippen LogP contribution >= 0.6 is 0 Å². The molecule has 4 aromatic rings. The maximum atomic E-state index is 4.40. The van der Waals surface area contributed by atoms with Crippen LogP contribution in [-0.4, -0.2) is 14.8 Å². The molecule has 0 aliphatic carbocycles. The molecule has 26 heavy (non-hydrogen) atoms. The van der Waals surface area contributed by atoms with Gasteiger partial charge in [0, 0.05) is 24.2 Å². The molecule has 0 aliphatic heterocycles. The molecule has 4 rings (SSSR count). The molecular weight excluding hydrogens is 320 g/mol. The minimum atomic E-state index is 0.725. The highest BCUT2D eigenvalue weighted by atomic mass is 15.2. The minimum Gasteiger partial charge on any atom is -0.363 e. The van der Waals surface area contributed by atoms with Gasteiger partial charge in [-0.15, -0.1) is 5.10 Å². The zero-order valence-corrected chi connectivity index (χ0v) is 15.1. The fraction of sp³-hybridized carbons (Fsp3) is 0.182. The number of aryl methyl sites for hydroxylation is 1. The highest BCUT2D eigenvalue weighted by Crippen LogP contribution is 2.29. The summed E-state index contributed by atoms with van der Waals surface area (Å²) in [4.78, 5) is 0. The molecule has 1 N–H and O–H groups in total. The Bertz CT molecular complexity index is 1020. The first-order valence-corrected chi connectivity index (χ1v) is 8.87. The van der Waals surface area contributed by atoms with E-state index in [2.05, 4.69) is 82.5 Å². The summed E-state index contributed by atoms with van der Waals surface area (Å²) < 4.78 is 2.34. The van der Waals surface area contributed by atoms with Crippen molar-refractivity contribution in [1.82, 2.24) is 14.8 Å². The minimum absolute atomic E-state index is 0.725. The van der Waals surface area contributed by atoms with Gasteiger partial charge in [-0.3, -0.25) is 0 Å². The van der Waals surface area contributed by atoms with Gasteiger partial charge >= 0.3 is 0 Å². The smallest absolute Gasteiger partial charge is 0.173 e. The molecule has 0 saturated carbocycles. The van der Waals surface area contributed by atoms with Gasteiger partial charge in [-0.25, -0.2) is 0 Å². The number of nitrogens with one attached hydrogen (secondary N) is 1. The van der Waals surface area contributed by atoms with Crippen molar-refractivity contribution in [1.29, 1.82) is 0 Å². The normalized spacial score (nSPS) is 11.0. The standard InChI is InChI=1S/C22H22N4/c1-16-17(2)26(15-19-11-7-4-8-12-19)21-20(16)14-24-25-22(21)23-13-18-9-5-3-6-10-18/h3-12,14H,13,15H2,1-2H3,(H,23,25). The van der Waals surface area contributed by atoms with E-state index in [9.17, 15) is 0 Å². The molecule has 0 fully saturated rings. The van der Waals surface area contributed by atoms with Gasteiger partial charge in [0.2, 0.25) is 0 Å². The number of nitrogens with zero attached hydrogens (tertiary/aromatic N) is 3. The Kier molecular flexibility index (Phi) is 4.40. The van der Waals surface area contributed by atoms with Crippen LogP contribution in [0.25, 0.3) is 10.9 Å². The monoisotopic (exact) mass is 342 g/mol. The topological polar surface area (TPSA) is 42.7 Å². The Hall–Kier alpha value is -3.14. The summed E-state index contributed by atoms with van der Waals surface area (Å²) in [5, 5.41) is 13.3. The number of aromatic nitrogens is 3. The predicted octanol–water partition coefficient (Wildman–Crippen LogP) is 4.71. The van der Waals surface area contributed by atoms with Gasteiger partial charge in [0.25, 0.3) is 0 Å². The van der Waals surface area contributed by atoms with E-state index in [0.717, 1.165) is 29.8 Å². The highest BCUT2D eigenvalue weighted by molar-refractivity contribution is 5.92. The summed E-state index contributed by atoms with van der Waals surface area (Å²) in [5.74, 6) is 0.832. The second-order valence-corrected chi connectivity index (χ2v) is 6.58. The van der Waals surface area contributed by atoms with Crippen LogP contribution in [0.2, 0.25) is 0 Å². The van der Waals surface area contributed by atoms with Gasteiger partial charge in [-0.05, 0) is 30.5 Å². The first kappa shape index (κ1) is 16.3. The molecule has 0 amide bonds. The van der Waals surface area contributed by atoms with E-state index in [1.165, 1.54) is 22.4 Å². The lowest BCUT2D eigenvalue weighted by atomic mass is 10.2. The van der Waals surface area contributed by atoms with Crippen LogP contribution in [-0.2, 0) is 13.1 Å². The Balaban J connectivity index is 1.75. The molecule has 4 nitrogen and oxygen atoms in total. The van der Waals surface area contributed by atoms with Crippen LogP contribution in [0.1, 0.15) is 22.4 Å². The molecule has 0 spiro atoms. The molecule has 0 unspecified atom stereocenters. The number of rotatable bonds is 5. The second-order valence-electron chi connectivity index (χ2n) is 6.58. The Morgan fingerprint density at radius 1 is 0.885 bits per heavy atom. The third-order valence-electron chi connectivity index (χ3n) is 4.93. The van der Waals surface area contributed by atoms with E-state index in [1.54, 1.807) is 0 Å². The molecule has 0 bridgehead atoms. The van der Waals surface area contributed by atoms with E-state index in [4.69, 9.17) is 0 Å². The molecule has 0 radical (unpaired) electrons. The van der Waals surface area contributed by atoms with E-state index in [-0.39, 0.29) is 0 Å². The molecule has 4 heteroatoms. The Labute approximate surface area is 153 Å². The van der Waals surface area contributed by atoms with Crippen LogP contribution in [0.4, 0.5) is 5.82 Å². The SMILES string of the molecule is Cc1c(C)n(Cc2ccccc2)c2c(NCc3ccccc3)nncc12. The highest BCUT2D eigenvalue weighted by Gasteiger charge is 2.16. The van der Waals surface area contributed by atoms with Crippen LogP contribution < -0.4 is 5.32 Å². The summed E-state index contributed by atoms with van der Waals surface area (Å²) in [6.45, 7) is 5.87. The van der Waals surface area contributed by atoms with Gasteiger partial charge in [0.1, 0.15) is 0 Å². The summed E-state index contributed by atoms with van der Waals surface area (Å²) in [5.41, 5.74) is 6.13. The molecular formula is C22H22N4. The van der Waals surface area contributed by atoms with Gasteiger partial charge in [-0.1, -0.05) is 60.7 Å². The molecule has 2 aromatic carbocycles. The average Bonchev–Trinajstić information content (AvgIpc) is 2.93. The lowest BCUT2D eigenvalue weighted by molar-refractivity contribution is 0.797. The average molecular weight is 342 g/mol. The van der Waals surface area contributed by atoms with Crippen LogP contribution in [0.5, 0.6) is 0 Å². The third kappa shape index (κ3) is 3.06. The zero-order valence-electron chi connectivity index (χ0n) is 15.1. The second kappa shape index (κ2) is 7.00. The molecule has 2 aromatic heterocycles. The Morgan fingerprint density at radius 3 is 2.23 bits per heavy atom. The van der Waals surface area contributed by atoms with Crippen molar-refractivity contribution in [3.63, 3.8) is 0 Å². The number of benzene rings is 2. The third-order valence-corrected chi connectivity index (χ3v) is 4.93. The number of hydrogen-bond acceptors (Lipinski definition) is 3. The van der Waals surface area contributed by atoms with Crippen molar-refractivity contribution >= 4 is 16.7 Å². The van der Waals surface area contributed by atoms with Gasteiger partial charge < -0.3 is 9.88 Å². The quantitative estimate of drug-likeness (QED) is 0.571. The van der Waals surface area contributed by atoms with E-state index in [1.807, 2.05) is 18.3 Å². The summed E-state index contributed by atoms with van der Waals surface area (Å²) in [6.07, 6.45) is 1.87. The number of fused-ring (bicyclic) bond motifs is 1. The largest absolute Gasteiger partial charge is 0.363 e. The zero-order chi connectivity index (χ0) is 17.9. The van der Waals surface area contributed by atoms with Gasteiger partial charge in [0.15, 0.2) is 5.82 Å². The van der Waals surface area contributed by atoms with Crippen molar-refractivity contribution in [2.75, 3.05) is 5.32 Å². The maximum absolute atomic E-state index is 4.40. The molecule has 2 heterocycles. The van der Waals surface area contributed by atoms with E-state index < -0.39 is 0 Å². The first-order valence-electron chi connectivity index (χ1n) is 8.87. The van der Waals surface area contributed by atoms with Crippen LogP contribution in [0.3, 0.4) is 0 Å². The van der Waals surface area contributed by atoms with Crippen molar-refractivity contribution in [3.8, 4) is 0 Å². The van der Waals surface area contributed by atoms with Crippen molar-refractivity contribution in [2.45, 2.75) is 26.9 Å². The summed E-state index contributed by atoms with van der Waals surface area (Å²) in [7, 11) is 0. The molecule has 0 aliphatic rings. The van der Waals surface area contributed by atoms with Crippen molar-refractivity contribution in [3.05, 3.63) is 89.2 Å². The lowest BCUT2D eigenvalue weighted by Gasteiger charge is -2.12. The number of anilines is 1. The molecule has 130 valence electrons. The fourth-order valence-electron chi connectivity index (χ4n) is 3.36. The van der Waals surface area contributed by atoms with Crippen LogP contribution in [0.15, 0.2) is 66.9 Å². The molecule has 0 saturated heterocycles. The fourth-order valence-corrected chi connectivity index (χ4v) is 3.36. The summed E-state index contributed by atoms with van der Waals surface area (Å²) >= 11 is 0. The van der Waals surface area contributed by atoms with Gasteiger partial charge in [0.05, 0.1) is 11.7 Å². The Morgan fingerprint density at radius 2 is 1.54 bits per heavy atom. The van der Waals surface area contributed by atoms with E-state index >= 15 is 0 Å². The first-order chi connectivity index (χ1) is 12.7. The van der Waals surface area contributed by atoms with Gasteiger partial charge in [-0.2, -0.15) is 5.10 Å². The van der Waals surface area contributed by atoms with Crippen LogP contribution in [0, 0.1) is 13.8 Å². The molecule has 0 atom stereocenters. The van der Waals surface area contributed by atoms with Crippen molar-refractivity contribution < 1.29 is 0 Å². The maximum Gasteiger partial charge on any atom is 0.173 e. The summed E-state index contributed by atoms with van der Waals surface area (Å²) in [6, 6.07) is 20.9. The van der Waals surface area contributed by atoms with Crippen molar-refractivity contribution in [2.24, 2.45) is 0 Å².